The molecule has 2 atom stereocenters. The molecule has 18 heavy (non-hydrogen) atoms. The molecule has 4 nitrogen and oxygen atoms in total. The van der Waals surface area contributed by atoms with E-state index in [0.29, 0.717) is 25.7 Å². The highest BCUT2D eigenvalue weighted by atomic mass is 16.5. The van der Waals surface area contributed by atoms with E-state index in [1.54, 1.807) is 7.11 Å². The number of carbonyl (C=O) groups is 1. The standard InChI is InChI=1S/C14H27NO3/c1-4-18-13(16)14(15-10-11-17-3)8-5-6-12(2)7-9-14/h12,15H,4-11H2,1-3H3. The molecule has 0 spiro atoms. The Balaban J connectivity index is 2.68. The van der Waals surface area contributed by atoms with Gasteiger partial charge >= 0.3 is 5.97 Å². The Morgan fingerprint density at radius 3 is 2.83 bits per heavy atom. The SMILES string of the molecule is CCOC(=O)C1(NCCOC)CCCC(C)CC1. The third-order valence-corrected chi connectivity index (χ3v) is 3.80. The molecule has 0 bridgehead atoms. The van der Waals surface area contributed by atoms with Crippen LogP contribution in [0, 0.1) is 5.92 Å². The minimum Gasteiger partial charge on any atom is -0.465 e. The summed E-state index contributed by atoms with van der Waals surface area (Å²) in [6.45, 7) is 5.89. The van der Waals surface area contributed by atoms with E-state index in [0.717, 1.165) is 25.7 Å². The molecule has 0 heterocycles. The Morgan fingerprint density at radius 2 is 2.17 bits per heavy atom. The molecule has 1 fully saturated rings. The molecule has 0 aromatic carbocycles. The second-order valence-electron chi connectivity index (χ2n) is 5.26. The molecular formula is C14H27NO3. The topological polar surface area (TPSA) is 47.6 Å². The van der Waals surface area contributed by atoms with E-state index in [9.17, 15) is 4.79 Å². The third kappa shape index (κ3) is 4.25. The number of hydrogen-bond donors (Lipinski definition) is 1. The Morgan fingerprint density at radius 1 is 1.39 bits per heavy atom. The first-order valence-corrected chi connectivity index (χ1v) is 7.06. The second kappa shape index (κ2) is 7.74. The van der Waals surface area contributed by atoms with Crippen LogP contribution >= 0.6 is 0 Å². The number of carbonyl (C=O) groups excluding carboxylic acids is 1. The van der Waals surface area contributed by atoms with E-state index in [2.05, 4.69) is 12.2 Å². The summed E-state index contributed by atoms with van der Waals surface area (Å²) in [6.07, 6.45) is 5.11. The average Bonchev–Trinajstić information content (AvgIpc) is 2.53. The van der Waals surface area contributed by atoms with Gasteiger partial charge in [-0.05, 0) is 32.1 Å². The normalized spacial score (nSPS) is 28.7. The van der Waals surface area contributed by atoms with Gasteiger partial charge in [-0.25, -0.2) is 0 Å². The predicted octanol–water partition coefficient (Wildman–Crippen LogP) is 2.12. The highest BCUT2D eigenvalue weighted by Crippen LogP contribution is 2.31. The molecule has 0 amide bonds. The summed E-state index contributed by atoms with van der Waals surface area (Å²) >= 11 is 0. The molecule has 1 rings (SSSR count). The van der Waals surface area contributed by atoms with Crippen molar-refractivity contribution in [3.63, 3.8) is 0 Å². The zero-order valence-corrected chi connectivity index (χ0v) is 12.0. The molecule has 1 N–H and O–H groups in total. The summed E-state index contributed by atoms with van der Waals surface area (Å²) in [7, 11) is 1.67. The summed E-state index contributed by atoms with van der Waals surface area (Å²) in [6, 6.07) is 0. The number of nitrogens with one attached hydrogen (secondary N) is 1. The van der Waals surface area contributed by atoms with Crippen molar-refractivity contribution in [2.24, 2.45) is 5.92 Å². The monoisotopic (exact) mass is 257 g/mol. The van der Waals surface area contributed by atoms with Crippen LogP contribution in [-0.4, -0.2) is 38.4 Å². The third-order valence-electron chi connectivity index (χ3n) is 3.80. The predicted molar refractivity (Wildman–Crippen MR) is 71.5 cm³/mol. The summed E-state index contributed by atoms with van der Waals surface area (Å²) in [5.74, 6) is 0.612. The molecule has 1 aliphatic carbocycles. The highest BCUT2D eigenvalue weighted by molar-refractivity contribution is 5.80. The number of hydrogen-bond acceptors (Lipinski definition) is 4. The van der Waals surface area contributed by atoms with Crippen molar-refractivity contribution in [1.29, 1.82) is 0 Å². The lowest BCUT2D eigenvalue weighted by Crippen LogP contribution is -2.53. The highest BCUT2D eigenvalue weighted by Gasteiger charge is 2.40. The summed E-state index contributed by atoms with van der Waals surface area (Å²) < 4.78 is 10.3. The van der Waals surface area contributed by atoms with Gasteiger partial charge in [-0.1, -0.05) is 19.8 Å². The van der Waals surface area contributed by atoms with Gasteiger partial charge in [-0.2, -0.15) is 0 Å². The van der Waals surface area contributed by atoms with E-state index in [1.807, 2.05) is 6.92 Å². The molecule has 0 aromatic rings. The Hall–Kier alpha value is -0.610. The molecule has 4 heteroatoms. The molecule has 0 radical (unpaired) electrons. The minimum atomic E-state index is -0.487. The van der Waals surface area contributed by atoms with E-state index in [1.165, 1.54) is 6.42 Å². The molecule has 0 aromatic heterocycles. The van der Waals surface area contributed by atoms with Crippen LogP contribution in [0.3, 0.4) is 0 Å². The molecule has 0 saturated heterocycles. The summed E-state index contributed by atoms with van der Waals surface area (Å²) in [4.78, 5) is 12.2. The van der Waals surface area contributed by atoms with Crippen LogP contribution in [0.1, 0.15) is 46.0 Å². The zero-order chi connectivity index (χ0) is 13.4. The van der Waals surface area contributed by atoms with Crippen LogP contribution in [0.15, 0.2) is 0 Å². The summed E-state index contributed by atoms with van der Waals surface area (Å²) in [5.41, 5.74) is -0.487. The number of esters is 1. The number of ether oxygens (including phenoxy) is 2. The van der Waals surface area contributed by atoms with Crippen LogP contribution < -0.4 is 5.32 Å². The molecule has 0 aliphatic heterocycles. The van der Waals surface area contributed by atoms with Crippen molar-refractivity contribution in [2.75, 3.05) is 26.9 Å². The zero-order valence-electron chi connectivity index (χ0n) is 12.0. The van der Waals surface area contributed by atoms with Gasteiger partial charge in [0.25, 0.3) is 0 Å². The van der Waals surface area contributed by atoms with Gasteiger partial charge in [-0.15, -0.1) is 0 Å². The van der Waals surface area contributed by atoms with Gasteiger partial charge in [0.1, 0.15) is 5.54 Å². The van der Waals surface area contributed by atoms with Gasteiger partial charge < -0.3 is 9.47 Å². The van der Waals surface area contributed by atoms with Gasteiger partial charge in [0.15, 0.2) is 0 Å². The van der Waals surface area contributed by atoms with Crippen molar-refractivity contribution >= 4 is 5.97 Å². The maximum absolute atomic E-state index is 12.2. The average molecular weight is 257 g/mol. The van der Waals surface area contributed by atoms with E-state index in [4.69, 9.17) is 9.47 Å². The maximum atomic E-state index is 12.2. The van der Waals surface area contributed by atoms with Gasteiger partial charge in [0.05, 0.1) is 13.2 Å². The maximum Gasteiger partial charge on any atom is 0.326 e. The minimum absolute atomic E-state index is 0.0878. The lowest BCUT2D eigenvalue weighted by molar-refractivity contribution is -0.152. The number of rotatable bonds is 6. The molecule has 106 valence electrons. The fourth-order valence-electron chi connectivity index (χ4n) is 2.63. The molecule has 1 saturated carbocycles. The van der Waals surface area contributed by atoms with Crippen LogP contribution in [0.25, 0.3) is 0 Å². The van der Waals surface area contributed by atoms with Crippen molar-refractivity contribution < 1.29 is 14.3 Å². The first kappa shape index (κ1) is 15.4. The van der Waals surface area contributed by atoms with E-state index >= 15 is 0 Å². The van der Waals surface area contributed by atoms with Gasteiger partial charge in [0, 0.05) is 13.7 Å². The Kier molecular flexibility index (Phi) is 6.65. The Labute approximate surface area is 110 Å². The van der Waals surface area contributed by atoms with Crippen molar-refractivity contribution in [3.8, 4) is 0 Å². The van der Waals surface area contributed by atoms with Crippen LogP contribution in [0.2, 0.25) is 0 Å². The largest absolute Gasteiger partial charge is 0.465 e. The van der Waals surface area contributed by atoms with Gasteiger partial charge in [-0.3, -0.25) is 10.1 Å². The summed E-state index contributed by atoms with van der Waals surface area (Å²) in [5, 5.41) is 3.38. The quantitative estimate of drug-likeness (QED) is 0.450. The molecule has 2 unspecified atom stereocenters. The van der Waals surface area contributed by atoms with Crippen LogP contribution in [0.4, 0.5) is 0 Å². The Bertz CT molecular complexity index is 257. The van der Waals surface area contributed by atoms with Crippen molar-refractivity contribution in [3.05, 3.63) is 0 Å². The lowest BCUT2D eigenvalue weighted by atomic mass is 9.89. The second-order valence-corrected chi connectivity index (χ2v) is 5.26. The van der Waals surface area contributed by atoms with Crippen molar-refractivity contribution in [2.45, 2.75) is 51.5 Å². The lowest BCUT2D eigenvalue weighted by Gasteiger charge is -2.31. The molecule has 1 aliphatic rings. The smallest absolute Gasteiger partial charge is 0.326 e. The fourth-order valence-corrected chi connectivity index (χ4v) is 2.63. The van der Waals surface area contributed by atoms with Crippen LogP contribution in [0.5, 0.6) is 0 Å². The first-order valence-electron chi connectivity index (χ1n) is 7.06. The van der Waals surface area contributed by atoms with E-state index < -0.39 is 5.54 Å². The number of methoxy groups -OCH3 is 1. The van der Waals surface area contributed by atoms with Crippen LogP contribution in [-0.2, 0) is 14.3 Å². The van der Waals surface area contributed by atoms with E-state index in [-0.39, 0.29) is 5.97 Å². The van der Waals surface area contributed by atoms with Gasteiger partial charge in [0.2, 0.25) is 0 Å². The first-order chi connectivity index (χ1) is 8.64. The van der Waals surface area contributed by atoms with Crippen molar-refractivity contribution in [1.82, 2.24) is 5.32 Å². The fraction of sp³-hybridized carbons (Fsp3) is 0.929. The molecular weight excluding hydrogens is 230 g/mol.